The van der Waals surface area contributed by atoms with Crippen LogP contribution in [-0.2, 0) is 0 Å². The van der Waals surface area contributed by atoms with Crippen molar-refractivity contribution in [1.82, 2.24) is 0 Å². The lowest BCUT2D eigenvalue weighted by atomic mass is 10.3. The monoisotopic (exact) mass is 120 g/mol. The Morgan fingerprint density at radius 2 is 1.89 bits per heavy atom. The van der Waals surface area contributed by atoms with Gasteiger partial charge in [-0.05, 0) is 5.69 Å². The van der Waals surface area contributed by atoms with Gasteiger partial charge in [0.1, 0.15) is 0 Å². The summed E-state index contributed by atoms with van der Waals surface area (Å²) in [6.07, 6.45) is 0. The molecule has 0 aliphatic carbocycles. The summed E-state index contributed by atoms with van der Waals surface area (Å²) in [5.74, 6) is 0. The first-order valence-corrected chi connectivity index (χ1v) is 2.58. The molecule has 1 N–H and O–H groups in total. The van der Waals surface area contributed by atoms with Crippen LogP contribution in [0.1, 0.15) is 0 Å². The molecule has 0 atom stereocenters. The maximum atomic E-state index is 8.03. The Kier molecular flexibility index (Phi) is 1.80. The van der Waals surface area contributed by atoms with Gasteiger partial charge in [-0.25, -0.2) is 0 Å². The van der Waals surface area contributed by atoms with Crippen LogP contribution in [-0.4, -0.2) is 0 Å². The first-order valence-electron chi connectivity index (χ1n) is 2.58. The minimum absolute atomic E-state index is 0.778. The molecule has 46 valence electrons. The maximum Gasteiger partial charge on any atom is -0.0297 e. The number of nitrogens with zero attached hydrogens (tertiary/aromatic N) is 2. The van der Waals surface area contributed by atoms with Gasteiger partial charge in [-0.1, -0.05) is 30.3 Å². The third-order valence-corrected chi connectivity index (χ3v) is 0.953. The molecule has 0 amide bonds. The highest BCUT2D eigenvalue weighted by atomic mass is 15.4. The summed E-state index contributed by atoms with van der Waals surface area (Å²) in [5, 5.41) is 2.76. The molecule has 0 saturated carbocycles. The Hall–Kier alpha value is -1.38. The van der Waals surface area contributed by atoms with E-state index in [0.717, 1.165) is 5.69 Å². The average molecular weight is 120 g/mol. The van der Waals surface area contributed by atoms with Crippen molar-refractivity contribution >= 4 is 5.69 Å². The predicted molar refractivity (Wildman–Crippen MR) is 35.9 cm³/mol. The van der Waals surface area contributed by atoms with Gasteiger partial charge in [0.2, 0.25) is 0 Å². The molecule has 0 spiro atoms. The standard InChI is InChI=1S/C6H6N3/c7-9-8-6-4-2-1-3-5-6/h1-5H,(H-,7,8)/q-1. The van der Waals surface area contributed by atoms with Gasteiger partial charge >= 0.3 is 0 Å². The molecule has 0 aromatic heterocycles. The van der Waals surface area contributed by atoms with E-state index >= 15 is 0 Å². The second kappa shape index (κ2) is 2.81. The highest BCUT2D eigenvalue weighted by molar-refractivity contribution is 5.41. The Labute approximate surface area is 53.2 Å². The number of hydrogen-bond acceptors (Lipinski definition) is 1. The van der Waals surface area contributed by atoms with E-state index in [2.05, 4.69) is 10.6 Å². The predicted octanol–water partition coefficient (Wildman–Crippen LogP) is 2.04. The number of nitrogens with one attached hydrogen (secondary N) is 1. The Bertz CT molecular complexity index is 183. The smallest absolute Gasteiger partial charge is 0.0297 e. The van der Waals surface area contributed by atoms with Gasteiger partial charge in [0.15, 0.2) is 0 Å². The number of rotatable bonds is 2. The van der Waals surface area contributed by atoms with Crippen LogP contribution in [0.3, 0.4) is 0 Å². The molecular formula is C6H6N3-. The second-order valence-electron chi connectivity index (χ2n) is 1.58. The third-order valence-electron chi connectivity index (χ3n) is 0.953. The average Bonchev–Trinajstić information content (AvgIpc) is 1.91. The third kappa shape index (κ3) is 1.53. The van der Waals surface area contributed by atoms with Gasteiger partial charge in [-0.15, -0.1) is 0 Å². The van der Waals surface area contributed by atoms with E-state index in [4.69, 9.17) is 5.53 Å². The summed E-state index contributed by atoms with van der Waals surface area (Å²) in [7, 11) is 0. The zero-order chi connectivity index (χ0) is 6.53. The van der Waals surface area contributed by atoms with Crippen molar-refractivity contribution < 1.29 is 0 Å². The zero-order valence-corrected chi connectivity index (χ0v) is 4.78. The van der Waals surface area contributed by atoms with Crippen molar-refractivity contribution in [1.29, 1.82) is 0 Å². The number of benzene rings is 1. The van der Waals surface area contributed by atoms with E-state index in [1.807, 2.05) is 18.2 Å². The van der Waals surface area contributed by atoms with Crippen molar-refractivity contribution in [2.24, 2.45) is 5.22 Å². The first kappa shape index (κ1) is 5.75. The summed E-state index contributed by atoms with van der Waals surface area (Å²) < 4.78 is 0. The van der Waals surface area contributed by atoms with Crippen LogP contribution in [0.2, 0.25) is 0 Å². The topological polar surface area (TPSA) is 46.7 Å². The van der Waals surface area contributed by atoms with E-state index < -0.39 is 0 Å². The molecule has 0 aliphatic rings. The lowest BCUT2D eigenvalue weighted by Gasteiger charge is -2.02. The van der Waals surface area contributed by atoms with Crippen LogP contribution in [0.25, 0.3) is 5.53 Å². The summed E-state index contributed by atoms with van der Waals surface area (Å²) in [6.45, 7) is 0. The van der Waals surface area contributed by atoms with E-state index in [9.17, 15) is 0 Å². The molecule has 0 radical (unpaired) electrons. The minimum Gasteiger partial charge on any atom is -0.387 e. The molecular weight excluding hydrogens is 114 g/mol. The number of anilines is 1. The molecule has 9 heavy (non-hydrogen) atoms. The maximum absolute atomic E-state index is 8.03. The van der Waals surface area contributed by atoms with Gasteiger partial charge in [0.05, 0.1) is 0 Å². The summed E-state index contributed by atoms with van der Waals surface area (Å²) >= 11 is 0. The molecule has 3 heteroatoms. The molecule has 1 rings (SSSR count). The van der Waals surface area contributed by atoms with Gasteiger partial charge < -0.3 is 11.0 Å². The molecule has 3 nitrogen and oxygen atoms in total. The molecule has 0 saturated heterocycles. The van der Waals surface area contributed by atoms with E-state index in [1.54, 1.807) is 12.1 Å². The molecule has 0 bridgehead atoms. The van der Waals surface area contributed by atoms with Crippen LogP contribution in [0.5, 0.6) is 0 Å². The first-order chi connectivity index (χ1) is 4.43. The fraction of sp³-hybridized carbons (Fsp3) is 0. The van der Waals surface area contributed by atoms with Crippen molar-refractivity contribution in [3.8, 4) is 0 Å². The molecule has 0 fully saturated rings. The van der Waals surface area contributed by atoms with Gasteiger partial charge in [0, 0.05) is 0 Å². The fourth-order valence-electron chi connectivity index (χ4n) is 0.570. The fourth-order valence-corrected chi connectivity index (χ4v) is 0.570. The molecule has 0 aliphatic heterocycles. The summed E-state index contributed by atoms with van der Waals surface area (Å²) in [4.78, 5) is 0. The largest absolute Gasteiger partial charge is 0.387 e. The second-order valence-corrected chi connectivity index (χ2v) is 1.58. The Morgan fingerprint density at radius 3 is 2.44 bits per heavy atom. The van der Waals surface area contributed by atoms with Crippen LogP contribution in [0.15, 0.2) is 35.6 Å². The van der Waals surface area contributed by atoms with Crippen molar-refractivity contribution in [3.63, 3.8) is 0 Å². The summed E-state index contributed by atoms with van der Waals surface area (Å²) in [6, 6.07) is 9.21. The number of hydrogen-bond donors (Lipinski definition) is 1. The highest BCUT2D eigenvalue weighted by Crippen LogP contribution is 2.03. The summed E-state index contributed by atoms with van der Waals surface area (Å²) in [5.41, 5.74) is 11.2. The van der Waals surface area contributed by atoms with Gasteiger partial charge in [0.25, 0.3) is 0 Å². The normalized spacial score (nSPS) is 8.44. The van der Waals surface area contributed by atoms with Crippen molar-refractivity contribution in [2.45, 2.75) is 0 Å². The van der Waals surface area contributed by atoms with Crippen LogP contribution in [0.4, 0.5) is 5.69 Å². The van der Waals surface area contributed by atoms with Crippen LogP contribution >= 0.6 is 0 Å². The van der Waals surface area contributed by atoms with Crippen LogP contribution in [0, 0.1) is 0 Å². The zero-order valence-electron chi connectivity index (χ0n) is 4.78. The lowest BCUT2D eigenvalue weighted by Crippen LogP contribution is -1.82. The minimum atomic E-state index is 0.778. The van der Waals surface area contributed by atoms with E-state index in [0.29, 0.717) is 0 Å². The van der Waals surface area contributed by atoms with Gasteiger partial charge in [-0.2, -0.15) is 0 Å². The SMILES string of the molecule is [N-]=NNc1ccccc1. The molecule has 0 unspecified atom stereocenters. The van der Waals surface area contributed by atoms with Gasteiger partial charge in [-0.3, -0.25) is 5.22 Å². The van der Waals surface area contributed by atoms with Crippen molar-refractivity contribution in [3.05, 3.63) is 35.9 Å². The Balaban J connectivity index is 2.72. The van der Waals surface area contributed by atoms with E-state index in [-0.39, 0.29) is 0 Å². The van der Waals surface area contributed by atoms with Crippen LogP contribution < -0.4 is 5.43 Å². The highest BCUT2D eigenvalue weighted by Gasteiger charge is 1.75. The molecule has 1 aromatic carbocycles. The lowest BCUT2D eigenvalue weighted by molar-refractivity contribution is 1.32. The quantitative estimate of drug-likeness (QED) is 0.471. The van der Waals surface area contributed by atoms with E-state index in [1.165, 1.54) is 0 Å². The molecule has 0 heterocycles. The molecule has 1 aromatic rings. The Morgan fingerprint density at radius 1 is 1.22 bits per heavy atom. The van der Waals surface area contributed by atoms with Crippen molar-refractivity contribution in [2.75, 3.05) is 5.43 Å². The number of para-hydroxylation sites is 1.